The lowest BCUT2D eigenvalue weighted by Gasteiger charge is -2.36. The van der Waals surface area contributed by atoms with Gasteiger partial charge in [0.1, 0.15) is 0 Å². The highest BCUT2D eigenvalue weighted by Gasteiger charge is 2.31. The SMILES string of the molecule is CC1(n2c(N)nc3ccccc32)CCCCC1. The van der Waals surface area contributed by atoms with Crippen molar-refractivity contribution in [2.75, 3.05) is 5.73 Å². The van der Waals surface area contributed by atoms with Crippen LogP contribution in [0.15, 0.2) is 24.3 Å². The monoisotopic (exact) mass is 229 g/mol. The highest BCUT2D eigenvalue weighted by atomic mass is 15.2. The van der Waals surface area contributed by atoms with E-state index in [4.69, 9.17) is 5.73 Å². The minimum atomic E-state index is 0.151. The van der Waals surface area contributed by atoms with E-state index in [0.717, 1.165) is 5.52 Å². The van der Waals surface area contributed by atoms with E-state index in [1.165, 1.54) is 37.6 Å². The number of hydrogen-bond donors (Lipinski definition) is 1. The van der Waals surface area contributed by atoms with Gasteiger partial charge in [-0.15, -0.1) is 0 Å². The van der Waals surface area contributed by atoms with Crippen molar-refractivity contribution in [3.05, 3.63) is 24.3 Å². The van der Waals surface area contributed by atoms with E-state index in [2.05, 4.69) is 28.6 Å². The molecular weight excluding hydrogens is 210 g/mol. The Morgan fingerprint density at radius 1 is 1.18 bits per heavy atom. The number of rotatable bonds is 1. The van der Waals surface area contributed by atoms with Gasteiger partial charge in [-0.3, -0.25) is 0 Å². The molecule has 3 nitrogen and oxygen atoms in total. The maximum Gasteiger partial charge on any atom is 0.201 e. The molecule has 1 aliphatic carbocycles. The molecule has 1 aromatic heterocycles. The van der Waals surface area contributed by atoms with Crippen LogP contribution in [0.1, 0.15) is 39.0 Å². The van der Waals surface area contributed by atoms with Crippen LogP contribution in [0.3, 0.4) is 0 Å². The Balaban J connectivity index is 2.18. The summed E-state index contributed by atoms with van der Waals surface area (Å²) in [6.45, 7) is 2.32. The average Bonchev–Trinajstić information content (AvgIpc) is 2.66. The van der Waals surface area contributed by atoms with Gasteiger partial charge in [0.05, 0.1) is 11.0 Å². The molecule has 0 spiro atoms. The van der Waals surface area contributed by atoms with Gasteiger partial charge < -0.3 is 10.3 Å². The summed E-state index contributed by atoms with van der Waals surface area (Å²) in [6.07, 6.45) is 6.35. The van der Waals surface area contributed by atoms with Gasteiger partial charge in [-0.25, -0.2) is 4.98 Å². The molecular formula is C14H19N3. The van der Waals surface area contributed by atoms with Gasteiger partial charge in [-0.2, -0.15) is 0 Å². The molecule has 1 saturated carbocycles. The molecule has 2 aromatic rings. The van der Waals surface area contributed by atoms with E-state index >= 15 is 0 Å². The number of nitrogens with two attached hydrogens (primary N) is 1. The van der Waals surface area contributed by atoms with Gasteiger partial charge in [0.15, 0.2) is 0 Å². The van der Waals surface area contributed by atoms with Crippen LogP contribution < -0.4 is 5.73 Å². The van der Waals surface area contributed by atoms with E-state index in [0.29, 0.717) is 5.95 Å². The first kappa shape index (κ1) is 10.6. The third-order valence-corrected chi connectivity index (χ3v) is 4.06. The van der Waals surface area contributed by atoms with E-state index in [1.807, 2.05) is 12.1 Å². The Bertz CT molecular complexity index is 535. The van der Waals surface area contributed by atoms with Crippen LogP contribution in [0.2, 0.25) is 0 Å². The smallest absolute Gasteiger partial charge is 0.201 e. The molecule has 1 aliphatic rings. The van der Waals surface area contributed by atoms with Gasteiger partial charge in [-0.05, 0) is 31.9 Å². The minimum Gasteiger partial charge on any atom is -0.369 e. The second-order valence-electron chi connectivity index (χ2n) is 5.35. The number of fused-ring (bicyclic) bond motifs is 1. The van der Waals surface area contributed by atoms with E-state index in [9.17, 15) is 0 Å². The Labute approximate surface area is 102 Å². The van der Waals surface area contributed by atoms with Gasteiger partial charge in [0.2, 0.25) is 5.95 Å². The second-order valence-corrected chi connectivity index (χ2v) is 5.35. The zero-order chi connectivity index (χ0) is 11.9. The predicted molar refractivity (Wildman–Crippen MR) is 70.9 cm³/mol. The molecule has 17 heavy (non-hydrogen) atoms. The number of benzene rings is 1. The fraction of sp³-hybridized carbons (Fsp3) is 0.500. The van der Waals surface area contributed by atoms with Crippen LogP contribution in [0.5, 0.6) is 0 Å². The third kappa shape index (κ3) is 1.61. The Morgan fingerprint density at radius 3 is 2.65 bits per heavy atom. The second kappa shape index (κ2) is 3.76. The Morgan fingerprint density at radius 2 is 1.88 bits per heavy atom. The van der Waals surface area contributed by atoms with Crippen molar-refractivity contribution < 1.29 is 0 Å². The molecule has 3 rings (SSSR count). The number of nitrogen functional groups attached to an aromatic ring is 1. The van der Waals surface area contributed by atoms with E-state index < -0.39 is 0 Å². The van der Waals surface area contributed by atoms with Gasteiger partial charge in [0.25, 0.3) is 0 Å². The summed E-state index contributed by atoms with van der Waals surface area (Å²) in [7, 11) is 0. The number of nitrogens with zero attached hydrogens (tertiary/aromatic N) is 2. The molecule has 1 fully saturated rings. The quantitative estimate of drug-likeness (QED) is 0.815. The molecule has 0 atom stereocenters. The van der Waals surface area contributed by atoms with Crippen LogP contribution in [0.4, 0.5) is 5.95 Å². The number of aromatic nitrogens is 2. The van der Waals surface area contributed by atoms with Crippen molar-refractivity contribution in [3.63, 3.8) is 0 Å². The average molecular weight is 229 g/mol. The standard InChI is InChI=1S/C14H19N3/c1-14(9-5-2-6-10-14)17-12-8-4-3-7-11(12)16-13(17)15/h3-4,7-8H,2,5-6,9-10H2,1H3,(H2,15,16). The minimum absolute atomic E-state index is 0.151. The maximum absolute atomic E-state index is 6.12. The molecule has 90 valence electrons. The lowest BCUT2D eigenvalue weighted by Crippen LogP contribution is -2.33. The molecule has 1 aromatic carbocycles. The van der Waals surface area contributed by atoms with E-state index in [-0.39, 0.29) is 5.54 Å². The fourth-order valence-corrected chi connectivity index (χ4v) is 3.15. The molecule has 0 unspecified atom stereocenters. The molecule has 1 heterocycles. The molecule has 0 aliphatic heterocycles. The fourth-order valence-electron chi connectivity index (χ4n) is 3.15. The van der Waals surface area contributed by atoms with Crippen LogP contribution in [0, 0.1) is 0 Å². The number of imidazole rings is 1. The number of anilines is 1. The van der Waals surface area contributed by atoms with Gasteiger partial charge in [-0.1, -0.05) is 31.4 Å². The van der Waals surface area contributed by atoms with Crippen molar-refractivity contribution in [1.82, 2.24) is 9.55 Å². The number of hydrogen-bond acceptors (Lipinski definition) is 2. The summed E-state index contributed by atoms with van der Waals surface area (Å²) in [4.78, 5) is 4.47. The van der Waals surface area contributed by atoms with Crippen molar-refractivity contribution in [3.8, 4) is 0 Å². The molecule has 0 radical (unpaired) electrons. The first-order chi connectivity index (χ1) is 8.21. The summed E-state index contributed by atoms with van der Waals surface area (Å²) < 4.78 is 2.25. The lowest BCUT2D eigenvalue weighted by atomic mass is 9.83. The zero-order valence-corrected chi connectivity index (χ0v) is 10.3. The first-order valence-electron chi connectivity index (χ1n) is 6.44. The van der Waals surface area contributed by atoms with Crippen LogP contribution in [-0.2, 0) is 5.54 Å². The normalized spacial score (nSPS) is 19.6. The van der Waals surface area contributed by atoms with Crippen molar-refractivity contribution in [2.24, 2.45) is 0 Å². The number of para-hydroxylation sites is 2. The first-order valence-corrected chi connectivity index (χ1v) is 6.44. The Hall–Kier alpha value is -1.51. The third-order valence-electron chi connectivity index (χ3n) is 4.06. The summed E-state index contributed by atoms with van der Waals surface area (Å²) in [6, 6.07) is 8.24. The molecule has 3 heteroatoms. The van der Waals surface area contributed by atoms with Crippen molar-refractivity contribution in [2.45, 2.75) is 44.6 Å². The van der Waals surface area contributed by atoms with Crippen molar-refractivity contribution >= 4 is 17.0 Å². The summed E-state index contributed by atoms with van der Waals surface area (Å²) >= 11 is 0. The predicted octanol–water partition coefficient (Wildman–Crippen LogP) is 3.30. The summed E-state index contributed by atoms with van der Waals surface area (Å²) in [5, 5.41) is 0. The summed E-state index contributed by atoms with van der Waals surface area (Å²) in [5.74, 6) is 0.663. The Kier molecular flexibility index (Phi) is 2.35. The van der Waals surface area contributed by atoms with Gasteiger partial charge >= 0.3 is 0 Å². The van der Waals surface area contributed by atoms with Crippen LogP contribution in [-0.4, -0.2) is 9.55 Å². The topological polar surface area (TPSA) is 43.8 Å². The zero-order valence-electron chi connectivity index (χ0n) is 10.3. The van der Waals surface area contributed by atoms with Gasteiger partial charge in [0, 0.05) is 5.54 Å². The lowest BCUT2D eigenvalue weighted by molar-refractivity contribution is 0.228. The largest absolute Gasteiger partial charge is 0.369 e. The molecule has 0 saturated heterocycles. The summed E-state index contributed by atoms with van der Waals surface area (Å²) in [5.41, 5.74) is 8.46. The van der Waals surface area contributed by atoms with Crippen LogP contribution >= 0.6 is 0 Å². The molecule has 0 bridgehead atoms. The van der Waals surface area contributed by atoms with Crippen molar-refractivity contribution in [1.29, 1.82) is 0 Å². The maximum atomic E-state index is 6.12. The molecule has 2 N–H and O–H groups in total. The highest BCUT2D eigenvalue weighted by molar-refractivity contribution is 5.78. The molecule has 0 amide bonds. The van der Waals surface area contributed by atoms with Crippen LogP contribution in [0.25, 0.3) is 11.0 Å². The van der Waals surface area contributed by atoms with E-state index in [1.54, 1.807) is 0 Å². The highest BCUT2D eigenvalue weighted by Crippen LogP contribution is 2.38.